The van der Waals surface area contributed by atoms with Crippen molar-refractivity contribution in [3.05, 3.63) is 71.6 Å². The SMILES string of the molecule is CCCCCCOc1ccccc1C(=O)N/N=C(C)\C=C\c1ccccc1F. The van der Waals surface area contributed by atoms with Crippen molar-refractivity contribution in [2.45, 2.75) is 39.5 Å². The molecule has 1 amide bonds. The number of hydrogen-bond acceptors (Lipinski definition) is 3. The van der Waals surface area contributed by atoms with Crippen LogP contribution in [0.3, 0.4) is 0 Å². The minimum absolute atomic E-state index is 0.305. The molecule has 0 fully saturated rings. The van der Waals surface area contributed by atoms with Crippen LogP contribution in [0.25, 0.3) is 6.08 Å². The van der Waals surface area contributed by atoms with Crippen LogP contribution in [0.1, 0.15) is 55.5 Å². The van der Waals surface area contributed by atoms with Crippen molar-refractivity contribution < 1.29 is 13.9 Å². The number of ether oxygens (including phenoxy) is 1. The number of nitrogens with one attached hydrogen (secondary N) is 1. The van der Waals surface area contributed by atoms with E-state index in [4.69, 9.17) is 4.74 Å². The Hall–Kier alpha value is -2.95. The van der Waals surface area contributed by atoms with E-state index in [0.717, 1.165) is 12.8 Å². The number of rotatable bonds is 10. The van der Waals surface area contributed by atoms with Crippen LogP contribution in [0.4, 0.5) is 4.39 Å². The van der Waals surface area contributed by atoms with Crippen LogP contribution in [-0.4, -0.2) is 18.2 Å². The maximum absolute atomic E-state index is 13.6. The van der Waals surface area contributed by atoms with Gasteiger partial charge in [0.15, 0.2) is 0 Å². The van der Waals surface area contributed by atoms with Crippen molar-refractivity contribution in [2.75, 3.05) is 6.61 Å². The van der Waals surface area contributed by atoms with Crippen LogP contribution in [0, 0.1) is 5.82 Å². The number of hydrazone groups is 1. The Labute approximate surface area is 166 Å². The Morgan fingerprint density at radius 3 is 2.64 bits per heavy atom. The molecule has 0 atom stereocenters. The molecule has 0 unspecified atom stereocenters. The molecule has 0 spiro atoms. The second kappa shape index (κ2) is 11.7. The van der Waals surface area contributed by atoms with Gasteiger partial charge in [-0.05, 0) is 37.6 Å². The second-order valence-electron chi connectivity index (χ2n) is 6.45. The number of allylic oxidation sites excluding steroid dienone is 1. The molecule has 0 saturated carbocycles. The van der Waals surface area contributed by atoms with Gasteiger partial charge in [-0.15, -0.1) is 0 Å². The molecule has 0 heterocycles. The summed E-state index contributed by atoms with van der Waals surface area (Å²) in [5.41, 5.74) is 3.98. The highest BCUT2D eigenvalue weighted by Gasteiger charge is 2.11. The lowest BCUT2D eigenvalue weighted by Gasteiger charge is -2.10. The van der Waals surface area contributed by atoms with Crippen molar-refractivity contribution in [1.29, 1.82) is 0 Å². The Kier molecular flexibility index (Phi) is 8.92. The van der Waals surface area contributed by atoms with Gasteiger partial charge in [0.2, 0.25) is 0 Å². The van der Waals surface area contributed by atoms with Crippen molar-refractivity contribution in [3.63, 3.8) is 0 Å². The quantitative estimate of drug-likeness (QED) is 0.330. The molecule has 0 aliphatic carbocycles. The molecule has 2 aromatic carbocycles. The van der Waals surface area contributed by atoms with Crippen molar-refractivity contribution in [2.24, 2.45) is 5.10 Å². The lowest BCUT2D eigenvalue weighted by molar-refractivity contribution is 0.0950. The topological polar surface area (TPSA) is 50.7 Å². The summed E-state index contributed by atoms with van der Waals surface area (Å²) < 4.78 is 19.4. The van der Waals surface area contributed by atoms with Crippen LogP contribution < -0.4 is 10.2 Å². The number of carbonyl (C=O) groups is 1. The minimum Gasteiger partial charge on any atom is -0.493 e. The van der Waals surface area contributed by atoms with E-state index < -0.39 is 0 Å². The van der Waals surface area contributed by atoms with Crippen LogP contribution in [0.15, 0.2) is 59.7 Å². The lowest BCUT2D eigenvalue weighted by atomic mass is 10.2. The van der Waals surface area contributed by atoms with Gasteiger partial charge in [-0.2, -0.15) is 5.10 Å². The molecule has 0 aromatic heterocycles. The summed E-state index contributed by atoms with van der Waals surface area (Å²) in [6, 6.07) is 13.6. The summed E-state index contributed by atoms with van der Waals surface area (Å²) in [4.78, 5) is 12.5. The van der Waals surface area contributed by atoms with Crippen molar-refractivity contribution in [3.8, 4) is 5.75 Å². The first-order valence-corrected chi connectivity index (χ1v) is 9.61. The molecule has 0 aliphatic heterocycles. The summed E-state index contributed by atoms with van der Waals surface area (Å²) in [6.07, 6.45) is 7.69. The van der Waals surface area contributed by atoms with Crippen LogP contribution in [0.2, 0.25) is 0 Å². The van der Waals surface area contributed by atoms with Crippen LogP contribution >= 0.6 is 0 Å². The fourth-order valence-electron chi connectivity index (χ4n) is 2.55. The third kappa shape index (κ3) is 6.99. The van der Waals surface area contributed by atoms with Crippen LogP contribution in [-0.2, 0) is 0 Å². The standard InChI is InChI=1S/C23H27FN2O2/c1-3-4-5-10-17-28-22-14-9-7-12-20(22)23(27)26-25-18(2)15-16-19-11-6-8-13-21(19)24/h6-9,11-16H,3-5,10,17H2,1-2H3,(H,26,27)/b16-15+,25-18-. The molecule has 2 rings (SSSR count). The van der Waals surface area contributed by atoms with Crippen LogP contribution in [0.5, 0.6) is 5.75 Å². The van der Waals surface area contributed by atoms with Crippen molar-refractivity contribution >= 4 is 17.7 Å². The second-order valence-corrected chi connectivity index (χ2v) is 6.45. The Morgan fingerprint density at radius 1 is 1.11 bits per heavy atom. The fraction of sp³-hybridized carbons (Fsp3) is 0.304. The van der Waals surface area contributed by atoms with E-state index in [1.54, 1.807) is 55.5 Å². The first-order chi connectivity index (χ1) is 13.6. The number of nitrogens with zero attached hydrogens (tertiary/aromatic N) is 1. The van der Waals surface area contributed by atoms with Gasteiger partial charge in [0.1, 0.15) is 11.6 Å². The third-order valence-corrected chi connectivity index (χ3v) is 4.13. The van der Waals surface area contributed by atoms with Gasteiger partial charge in [0.05, 0.1) is 17.9 Å². The van der Waals surface area contributed by atoms with Gasteiger partial charge in [-0.1, -0.05) is 62.6 Å². The number of carbonyl (C=O) groups excluding carboxylic acids is 1. The van der Waals surface area contributed by atoms with E-state index in [0.29, 0.717) is 29.2 Å². The van der Waals surface area contributed by atoms with Crippen molar-refractivity contribution in [1.82, 2.24) is 5.43 Å². The predicted molar refractivity (Wildman–Crippen MR) is 112 cm³/mol. The van der Waals surface area contributed by atoms with Gasteiger partial charge in [0.25, 0.3) is 5.91 Å². The minimum atomic E-state index is -0.345. The fourth-order valence-corrected chi connectivity index (χ4v) is 2.55. The van der Waals surface area contributed by atoms with Gasteiger partial charge in [0, 0.05) is 5.56 Å². The molecular weight excluding hydrogens is 355 g/mol. The molecule has 4 nitrogen and oxygen atoms in total. The first-order valence-electron chi connectivity index (χ1n) is 9.61. The molecule has 1 N–H and O–H groups in total. The largest absolute Gasteiger partial charge is 0.493 e. The monoisotopic (exact) mass is 382 g/mol. The summed E-state index contributed by atoms with van der Waals surface area (Å²) in [5.74, 6) is -0.102. The molecule has 5 heteroatoms. The Bertz CT molecular complexity index is 831. The van der Waals surface area contributed by atoms with E-state index >= 15 is 0 Å². The number of para-hydroxylation sites is 1. The molecule has 28 heavy (non-hydrogen) atoms. The van der Waals surface area contributed by atoms with E-state index in [1.165, 1.54) is 18.9 Å². The number of benzene rings is 2. The molecule has 148 valence electrons. The summed E-state index contributed by atoms with van der Waals surface area (Å²) in [7, 11) is 0. The predicted octanol–water partition coefficient (Wildman–Crippen LogP) is 5.60. The smallest absolute Gasteiger partial charge is 0.275 e. The maximum atomic E-state index is 13.6. The first kappa shape index (κ1) is 21.4. The zero-order chi connectivity index (χ0) is 20.2. The van der Waals surface area contributed by atoms with E-state index in [1.807, 2.05) is 6.07 Å². The molecular formula is C23H27FN2O2. The summed E-state index contributed by atoms with van der Waals surface area (Å²) >= 11 is 0. The molecule has 2 aromatic rings. The highest BCUT2D eigenvalue weighted by Crippen LogP contribution is 2.18. The maximum Gasteiger partial charge on any atom is 0.275 e. The number of hydrogen-bond donors (Lipinski definition) is 1. The summed E-state index contributed by atoms with van der Waals surface area (Å²) in [5, 5.41) is 4.06. The highest BCUT2D eigenvalue weighted by atomic mass is 19.1. The average molecular weight is 382 g/mol. The van der Waals surface area contributed by atoms with E-state index in [9.17, 15) is 9.18 Å². The Morgan fingerprint density at radius 2 is 1.86 bits per heavy atom. The van der Waals surface area contributed by atoms with Gasteiger partial charge in [-0.25, -0.2) is 9.82 Å². The molecule has 0 radical (unpaired) electrons. The Balaban J connectivity index is 1.95. The third-order valence-electron chi connectivity index (χ3n) is 4.13. The summed E-state index contributed by atoms with van der Waals surface area (Å²) in [6.45, 7) is 4.47. The zero-order valence-corrected chi connectivity index (χ0v) is 16.5. The zero-order valence-electron chi connectivity index (χ0n) is 16.5. The lowest BCUT2D eigenvalue weighted by Crippen LogP contribution is -2.19. The average Bonchev–Trinajstić information content (AvgIpc) is 2.71. The van der Waals surface area contributed by atoms with Gasteiger partial charge in [-0.3, -0.25) is 4.79 Å². The van der Waals surface area contributed by atoms with E-state index in [-0.39, 0.29) is 11.7 Å². The molecule has 0 saturated heterocycles. The number of halogens is 1. The number of unbranched alkanes of at least 4 members (excludes halogenated alkanes) is 3. The van der Waals surface area contributed by atoms with Gasteiger partial charge >= 0.3 is 0 Å². The molecule has 0 aliphatic rings. The van der Waals surface area contributed by atoms with E-state index in [2.05, 4.69) is 17.5 Å². The highest BCUT2D eigenvalue weighted by molar-refractivity contribution is 6.00. The molecule has 0 bridgehead atoms. The number of amides is 1. The normalized spacial score (nSPS) is 11.6. The van der Waals surface area contributed by atoms with Gasteiger partial charge < -0.3 is 4.74 Å².